The average molecular weight is 367 g/mol. The van der Waals surface area contributed by atoms with Crippen LogP contribution in [-0.2, 0) is 6.54 Å². The standard InChI is InChI=1S/C20H19ClN4O/c1-24(13-14-7-11-16(21)12-8-14)20(26)18-19(15-9-10-15)25(23-22-18)17-5-3-2-4-6-17/h2-8,11-12,15H,9-10,13H2,1H3. The van der Waals surface area contributed by atoms with E-state index in [0.717, 1.165) is 29.8 Å². The number of benzene rings is 2. The van der Waals surface area contributed by atoms with Gasteiger partial charge in [0.05, 0.1) is 11.4 Å². The minimum absolute atomic E-state index is 0.107. The summed E-state index contributed by atoms with van der Waals surface area (Å²) in [5.41, 5.74) is 3.33. The summed E-state index contributed by atoms with van der Waals surface area (Å²) >= 11 is 5.93. The highest BCUT2D eigenvalue weighted by atomic mass is 35.5. The maximum absolute atomic E-state index is 13.0. The molecule has 2 aromatic carbocycles. The quantitative estimate of drug-likeness (QED) is 0.684. The molecule has 1 fully saturated rings. The SMILES string of the molecule is CN(Cc1ccc(Cl)cc1)C(=O)c1nnn(-c2ccccc2)c1C1CC1. The monoisotopic (exact) mass is 366 g/mol. The lowest BCUT2D eigenvalue weighted by Crippen LogP contribution is -2.27. The van der Waals surface area contributed by atoms with Gasteiger partial charge in [-0.25, -0.2) is 4.68 Å². The zero-order valence-electron chi connectivity index (χ0n) is 14.5. The molecule has 0 unspecified atom stereocenters. The van der Waals surface area contributed by atoms with Crippen LogP contribution in [-0.4, -0.2) is 32.8 Å². The Kier molecular flexibility index (Phi) is 4.47. The summed E-state index contributed by atoms with van der Waals surface area (Å²) in [4.78, 5) is 14.7. The number of hydrogen-bond acceptors (Lipinski definition) is 3. The van der Waals surface area contributed by atoms with Crippen LogP contribution in [0.4, 0.5) is 0 Å². The summed E-state index contributed by atoms with van der Waals surface area (Å²) in [5, 5.41) is 9.19. The predicted molar refractivity (Wildman–Crippen MR) is 101 cm³/mol. The highest BCUT2D eigenvalue weighted by molar-refractivity contribution is 6.30. The van der Waals surface area contributed by atoms with Gasteiger partial charge in [0.25, 0.3) is 5.91 Å². The van der Waals surface area contributed by atoms with Crippen LogP contribution in [0.15, 0.2) is 54.6 Å². The minimum Gasteiger partial charge on any atom is -0.336 e. The van der Waals surface area contributed by atoms with Crippen molar-refractivity contribution in [3.8, 4) is 5.69 Å². The zero-order chi connectivity index (χ0) is 18.1. The third kappa shape index (κ3) is 3.35. The highest BCUT2D eigenvalue weighted by Crippen LogP contribution is 2.42. The van der Waals surface area contributed by atoms with Gasteiger partial charge in [-0.2, -0.15) is 0 Å². The second-order valence-electron chi connectivity index (χ2n) is 6.63. The lowest BCUT2D eigenvalue weighted by molar-refractivity contribution is 0.0778. The molecule has 26 heavy (non-hydrogen) atoms. The first-order valence-electron chi connectivity index (χ1n) is 8.64. The first kappa shape index (κ1) is 16.8. The Bertz CT molecular complexity index is 917. The zero-order valence-corrected chi connectivity index (χ0v) is 15.2. The lowest BCUT2D eigenvalue weighted by atomic mass is 10.1. The van der Waals surface area contributed by atoms with E-state index in [-0.39, 0.29) is 5.91 Å². The largest absolute Gasteiger partial charge is 0.336 e. The first-order valence-corrected chi connectivity index (χ1v) is 9.02. The smallest absolute Gasteiger partial charge is 0.276 e. The second kappa shape index (κ2) is 6.92. The molecule has 5 nitrogen and oxygen atoms in total. The molecule has 1 amide bonds. The van der Waals surface area contributed by atoms with E-state index >= 15 is 0 Å². The van der Waals surface area contributed by atoms with E-state index in [1.807, 2.05) is 54.6 Å². The van der Waals surface area contributed by atoms with Crippen LogP contribution in [0.25, 0.3) is 5.69 Å². The van der Waals surface area contributed by atoms with Crippen molar-refractivity contribution in [3.05, 3.63) is 76.6 Å². The summed E-state index contributed by atoms with van der Waals surface area (Å²) in [7, 11) is 1.79. The maximum atomic E-state index is 13.0. The fourth-order valence-corrected chi connectivity index (χ4v) is 3.17. The van der Waals surface area contributed by atoms with E-state index in [1.54, 1.807) is 16.6 Å². The van der Waals surface area contributed by atoms with Gasteiger partial charge in [0, 0.05) is 24.5 Å². The van der Waals surface area contributed by atoms with Gasteiger partial charge in [-0.1, -0.05) is 47.1 Å². The summed E-state index contributed by atoms with van der Waals surface area (Å²) in [5.74, 6) is 0.247. The predicted octanol–water partition coefficient (Wildman–Crippen LogP) is 4.07. The van der Waals surface area contributed by atoms with Crippen molar-refractivity contribution in [1.82, 2.24) is 19.9 Å². The molecule has 0 radical (unpaired) electrons. The minimum atomic E-state index is -0.107. The molecule has 132 valence electrons. The number of nitrogens with zero attached hydrogens (tertiary/aromatic N) is 4. The Labute approximate surface area is 157 Å². The van der Waals surface area contributed by atoms with Gasteiger partial charge in [-0.15, -0.1) is 5.10 Å². The fraction of sp³-hybridized carbons (Fsp3) is 0.250. The van der Waals surface area contributed by atoms with Crippen molar-refractivity contribution < 1.29 is 4.79 Å². The molecule has 0 bridgehead atoms. The second-order valence-corrected chi connectivity index (χ2v) is 7.07. The number of hydrogen-bond donors (Lipinski definition) is 0. The van der Waals surface area contributed by atoms with Gasteiger partial charge in [0.1, 0.15) is 0 Å². The number of aromatic nitrogens is 3. The summed E-state index contributed by atoms with van der Waals surface area (Å²) in [6.45, 7) is 0.498. The van der Waals surface area contributed by atoms with E-state index < -0.39 is 0 Å². The molecular formula is C20H19ClN4O. The van der Waals surface area contributed by atoms with E-state index in [4.69, 9.17) is 11.6 Å². The van der Waals surface area contributed by atoms with Crippen molar-refractivity contribution >= 4 is 17.5 Å². The highest BCUT2D eigenvalue weighted by Gasteiger charge is 2.35. The van der Waals surface area contributed by atoms with Gasteiger partial charge < -0.3 is 4.90 Å². The van der Waals surface area contributed by atoms with Crippen molar-refractivity contribution in [2.75, 3.05) is 7.05 Å². The van der Waals surface area contributed by atoms with Crippen molar-refractivity contribution in [2.24, 2.45) is 0 Å². The molecule has 0 spiro atoms. The third-order valence-corrected chi connectivity index (χ3v) is 4.80. The molecule has 1 heterocycles. The van der Waals surface area contributed by atoms with Gasteiger partial charge in [0.15, 0.2) is 5.69 Å². The van der Waals surface area contributed by atoms with E-state index in [1.165, 1.54) is 0 Å². The number of carbonyl (C=O) groups excluding carboxylic acids is 1. The normalized spacial score (nSPS) is 13.6. The van der Waals surface area contributed by atoms with Crippen LogP contribution in [0.2, 0.25) is 5.02 Å². The van der Waals surface area contributed by atoms with Gasteiger partial charge in [-0.05, 0) is 42.7 Å². The first-order chi connectivity index (χ1) is 12.6. The van der Waals surface area contributed by atoms with Crippen LogP contribution >= 0.6 is 11.6 Å². The van der Waals surface area contributed by atoms with Crippen LogP contribution < -0.4 is 0 Å². The molecule has 4 rings (SSSR count). The Hall–Kier alpha value is -2.66. The molecular weight excluding hydrogens is 348 g/mol. The molecule has 1 saturated carbocycles. The maximum Gasteiger partial charge on any atom is 0.276 e. The summed E-state index contributed by atoms with van der Waals surface area (Å²) in [6, 6.07) is 17.3. The molecule has 0 aliphatic heterocycles. The Morgan fingerprint density at radius 2 is 1.85 bits per heavy atom. The van der Waals surface area contributed by atoms with Crippen molar-refractivity contribution in [1.29, 1.82) is 0 Å². The summed E-state index contributed by atoms with van der Waals surface area (Å²) < 4.78 is 1.81. The van der Waals surface area contributed by atoms with Gasteiger partial charge in [-0.3, -0.25) is 4.79 Å². The van der Waals surface area contributed by atoms with E-state index in [0.29, 0.717) is 23.2 Å². The van der Waals surface area contributed by atoms with Crippen LogP contribution in [0.3, 0.4) is 0 Å². The third-order valence-electron chi connectivity index (χ3n) is 4.55. The molecule has 1 aliphatic carbocycles. The molecule has 1 aliphatic rings. The number of halogens is 1. The number of para-hydroxylation sites is 1. The van der Waals surface area contributed by atoms with Crippen molar-refractivity contribution in [3.63, 3.8) is 0 Å². The topological polar surface area (TPSA) is 51.0 Å². The van der Waals surface area contributed by atoms with Crippen molar-refractivity contribution in [2.45, 2.75) is 25.3 Å². The van der Waals surface area contributed by atoms with E-state index in [9.17, 15) is 4.79 Å². The fourth-order valence-electron chi connectivity index (χ4n) is 3.04. The van der Waals surface area contributed by atoms with Gasteiger partial charge in [0.2, 0.25) is 0 Å². The number of rotatable bonds is 5. The van der Waals surface area contributed by atoms with Crippen LogP contribution in [0.1, 0.15) is 40.5 Å². The van der Waals surface area contributed by atoms with Crippen LogP contribution in [0, 0.1) is 0 Å². The molecule has 0 saturated heterocycles. The Morgan fingerprint density at radius 1 is 1.15 bits per heavy atom. The number of amides is 1. The molecule has 0 N–H and O–H groups in total. The summed E-state index contributed by atoms with van der Waals surface area (Å²) in [6.07, 6.45) is 2.14. The molecule has 1 aromatic heterocycles. The molecule has 6 heteroatoms. The van der Waals surface area contributed by atoms with Crippen LogP contribution in [0.5, 0.6) is 0 Å². The number of carbonyl (C=O) groups is 1. The lowest BCUT2D eigenvalue weighted by Gasteiger charge is -2.17. The Morgan fingerprint density at radius 3 is 2.50 bits per heavy atom. The molecule has 3 aromatic rings. The molecule has 0 atom stereocenters. The average Bonchev–Trinajstić information content (AvgIpc) is 3.41. The van der Waals surface area contributed by atoms with Gasteiger partial charge >= 0.3 is 0 Å². The van der Waals surface area contributed by atoms with E-state index in [2.05, 4.69) is 10.3 Å². The Balaban J connectivity index is 1.61.